The third kappa shape index (κ3) is 4.83. The average molecular weight is 350 g/mol. The first-order valence-electron chi connectivity index (χ1n) is 7.58. The second kappa shape index (κ2) is 7.97. The van der Waals surface area contributed by atoms with E-state index in [-0.39, 0.29) is 18.1 Å². The standard InChI is InChI=1S/C17H20ClN3O3/c1-11-8-14(9-12(2)17(11)18)24-10-15(22)19-6-7-21-16(23)5-4-13(3)20-21/h4-5,8-9H,6-7,10H2,1-3H3,(H,19,22). The van der Waals surface area contributed by atoms with Crippen molar-refractivity contribution in [2.45, 2.75) is 27.3 Å². The first-order valence-corrected chi connectivity index (χ1v) is 7.95. The van der Waals surface area contributed by atoms with Gasteiger partial charge in [-0.1, -0.05) is 11.6 Å². The summed E-state index contributed by atoms with van der Waals surface area (Å²) in [7, 11) is 0. The fourth-order valence-electron chi connectivity index (χ4n) is 2.20. The van der Waals surface area contributed by atoms with Gasteiger partial charge in [0, 0.05) is 17.6 Å². The molecule has 2 rings (SSSR count). The Labute approximate surface area is 145 Å². The molecule has 0 saturated carbocycles. The molecule has 1 amide bonds. The molecular formula is C17H20ClN3O3. The number of hydrogen-bond acceptors (Lipinski definition) is 4. The van der Waals surface area contributed by atoms with Gasteiger partial charge in [-0.3, -0.25) is 9.59 Å². The fraction of sp³-hybridized carbons (Fsp3) is 0.353. The van der Waals surface area contributed by atoms with Crippen LogP contribution in [0.2, 0.25) is 5.02 Å². The topological polar surface area (TPSA) is 73.2 Å². The molecule has 24 heavy (non-hydrogen) atoms. The second-order valence-corrected chi connectivity index (χ2v) is 5.92. The lowest BCUT2D eigenvalue weighted by molar-refractivity contribution is -0.123. The minimum Gasteiger partial charge on any atom is -0.484 e. The molecule has 0 bridgehead atoms. The smallest absolute Gasteiger partial charge is 0.266 e. The van der Waals surface area contributed by atoms with Crippen molar-refractivity contribution in [3.05, 3.63) is 56.5 Å². The van der Waals surface area contributed by atoms with E-state index in [2.05, 4.69) is 10.4 Å². The van der Waals surface area contributed by atoms with Gasteiger partial charge in [-0.05, 0) is 50.1 Å². The highest BCUT2D eigenvalue weighted by atomic mass is 35.5. The van der Waals surface area contributed by atoms with Crippen LogP contribution in [0.3, 0.4) is 0 Å². The summed E-state index contributed by atoms with van der Waals surface area (Å²) in [6, 6.07) is 6.69. The van der Waals surface area contributed by atoms with Crippen LogP contribution in [0, 0.1) is 20.8 Å². The highest BCUT2D eigenvalue weighted by Crippen LogP contribution is 2.25. The predicted octanol–water partition coefficient (Wildman–Crippen LogP) is 2.02. The minimum absolute atomic E-state index is 0.101. The molecule has 1 N–H and O–H groups in total. The van der Waals surface area contributed by atoms with Gasteiger partial charge < -0.3 is 10.1 Å². The van der Waals surface area contributed by atoms with Crippen LogP contribution in [0.15, 0.2) is 29.1 Å². The average Bonchev–Trinajstić information content (AvgIpc) is 2.53. The number of hydrogen-bond donors (Lipinski definition) is 1. The zero-order chi connectivity index (χ0) is 17.7. The van der Waals surface area contributed by atoms with Gasteiger partial charge in [0.2, 0.25) is 0 Å². The number of nitrogens with one attached hydrogen (secondary N) is 1. The third-order valence-electron chi connectivity index (χ3n) is 3.43. The molecule has 0 radical (unpaired) electrons. The first-order chi connectivity index (χ1) is 11.4. The number of halogens is 1. The summed E-state index contributed by atoms with van der Waals surface area (Å²) in [5, 5.41) is 7.50. The van der Waals surface area contributed by atoms with Gasteiger partial charge in [-0.2, -0.15) is 5.10 Å². The Balaban J connectivity index is 1.82. The van der Waals surface area contributed by atoms with Crippen molar-refractivity contribution in [2.75, 3.05) is 13.2 Å². The predicted molar refractivity (Wildman–Crippen MR) is 92.7 cm³/mol. The molecule has 1 heterocycles. The van der Waals surface area contributed by atoms with E-state index >= 15 is 0 Å². The van der Waals surface area contributed by atoms with Crippen LogP contribution >= 0.6 is 11.6 Å². The van der Waals surface area contributed by atoms with Gasteiger partial charge in [0.25, 0.3) is 11.5 Å². The van der Waals surface area contributed by atoms with E-state index in [1.54, 1.807) is 25.1 Å². The van der Waals surface area contributed by atoms with Crippen LogP contribution < -0.4 is 15.6 Å². The zero-order valence-electron chi connectivity index (χ0n) is 13.9. The van der Waals surface area contributed by atoms with Gasteiger partial charge in [0.05, 0.1) is 12.2 Å². The number of nitrogens with zero attached hydrogens (tertiary/aromatic N) is 2. The van der Waals surface area contributed by atoms with Crippen molar-refractivity contribution in [3.8, 4) is 5.75 Å². The summed E-state index contributed by atoms with van der Waals surface area (Å²) >= 11 is 6.09. The molecule has 6 nitrogen and oxygen atoms in total. The number of carbonyl (C=O) groups excluding carboxylic acids is 1. The normalized spacial score (nSPS) is 10.5. The summed E-state index contributed by atoms with van der Waals surface area (Å²) in [6.07, 6.45) is 0. The van der Waals surface area contributed by atoms with E-state index in [1.165, 1.54) is 10.7 Å². The summed E-state index contributed by atoms with van der Waals surface area (Å²) in [5.41, 5.74) is 2.35. The van der Waals surface area contributed by atoms with E-state index in [0.717, 1.165) is 16.8 Å². The van der Waals surface area contributed by atoms with Crippen molar-refractivity contribution in [1.82, 2.24) is 15.1 Å². The maximum absolute atomic E-state index is 11.8. The Morgan fingerprint density at radius 3 is 2.58 bits per heavy atom. The van der Waals surface area contributed by atoms with Gasteiger partial charge in [0.1, 0.15) is 5.75 Å². The summed E-state index contributed by atoms with van der Waals surface area (Å²) < 4.78 is 6.80. The Morgan fingerprint density at radius 2 is 1.92 bits per heavy atom. The molecule has 0 fully saturated rings. The largest absolute Gasteiger partial charge is 0.484 e. The molecule has 0 aliphatic heterocycles. The Kier molecular flexibility index (Phi) is 5.98. The van der Waals surface area contributed by atoms with E-state index in [0.29, 0.717) is 23.9 Å². The molecule has 0 aliphatic carbocycles. The molecule has 0 unspecified atom stereocenters. The quantitative estimate of drug-likeness (QED) is 0.866. The van der Waals surface area contributed by atoms with Crippen molar-refractivity contribution >= 4 is 17.5 Å². The van der Waals surface area contributed by atoms with Crippen molar-refractivity contribution < 1.29 is 9.53 Å². The zero-order valence-corrected chi connectivity index (χ0v) is 14.7. The van der Waals surface area contributed by atoms with E-state index in [1.807, 2.05) is 13.8 Å². The van der Waals surface area contributed by atoms with Gasteiger partial charge in [-0.15, -0.1) is 0 Å². The van der Waals surface area contributed by atoms with Crippen molar-refractivity contribution in [2.24, 2.45) is 0 Å². The van der Waals surface area contributed by atoms with Crippen LogP contribution in [-0.2, 0) is 11.3 Å². The number of ether oxygens (including phenoxy) is 1. The SMILES string of the molecule is Cc1ccc(=O)n(CCNC(=O)COc2cc(C)c(Cl)c(C)c2)n1. The lowest BCUT2D eigenvalue weighted by Gasteiger charge is -2.10. The maximum Gasteiger partial charge on any atom is 0.266 e. The van der Waals surface area contributed by atoms with Crippen LogP contribution in [0.25, 0.3) is 0 Å². The van der Waals surface area contributed by atoms with Crippen LogP contribution in [-0.4, -0.2) is 28.8 Å². The molecule has 7 heteroatoms. The van der Waals surface area contributed by atoms with Crippen LogP contribution in [0.1, 0.15) is 16.8 Å². The molecular weight excluding hydrogens is 330 g/mol. The first kappa shape index (κ1) is 18.0. The molecule has 0 atom stereocenters. The number of aryl methyl sites for hydroxylation is 3. The number of benzene rings is 1. The lowest BCUT2D eigenvalue weighted by Crippen LogP contribution is -2.34. The van der Waals surface area contributed by atoms with E-state index in [4.69, 9.17) is 16.3 Å². The number of carbonyl (C=O) groups is 1. The number of amides is 1. The summed E-state index contributed by atoms with van der Waals surface area (Å²) in [5.74, 6) is 0.335. The molecule has 1 aromatic heterocycles. The fourth-order valence-corrected chi connectivity index (χ4v) is 2.31. The number of aromatic nitrogens is 2. The van der Waals surface area contributed by atoms with Crippen LogP contribution in [0.5, 0.6) is 5.75 Å². The van der Waals surface area contributed by atoms with E-state index < -0.39 is 0 Å². The Hall–Kier alpha value is -2.34. The summed E-state index contributed by atoms with van der Waals surface area (Å²) in [4.78, 5) is 23.4. The molecule has 0 spiro atoms. The van der Waals surface area contributed by atoms with Gasteiger partial charge in [0.15, 0.2) is 6.61 Å². The van der Waals surface area contributed by atoms with Crippen molar-refractivity contribution in [3.63, 3.8) is 0 Å². The molecule has 1 aromatic carbocycles. The maximum atomic E-state index is 11.8. The molecule has 0 aliphatic rings. The highest BCUT2D eigenvalue weighted by Gasteiger charge is 2.07. The van der Waals surface area contributed by atoms with E-state index in [9.17, 15) is 9.59 Å². The molecule has 0 saturated heterocycles. The van der Waals surface area contributed by atoms with Crippen LogP contribution in [0.4, 0.5) is 0 Å². The molecule has 128 valence electrons. The Bertz CT molecular complexity index is 779. The van der Waals surface area contributed by atoms with Gasteiger partial charge in [-0.25, -0.2) is 4.68 Å². The molecule has 2 aromatic rings. The highest BCUT2D eigenvalue weighted by molar-refractivity contribution is 6.32. The summed E-state index contributed by atoms with van der Waals surface area (Å²) in [6.45, 7) is 6.08. The third-order valence-corrected chi connectivity index (χ3v) is 4.02. The lowest BCUT2D eigenvalue weighted by atomic mass is 10.1. The second-order valence-electron chi connectivity index (χ2n) is 5.55. The van der Waals surface area contributed by atoms with Crippen molar-refractivity contribution in [1.29, 1.82) is 0 Å². The Morgan fingerprint density at radius 1 is 1.25 bits per heavy atom. The minimum atomic E-state index is -0.263. The monoisotopic (exact) mass is 349 g/mol. The van der Waals surface area contributed by atoms with Gasteiger partial charge >= 0.3 is 0 Å². The number of rotatable bonds is 6.